The Morgan fingerprint density at radius 3 is 2.62 bits per heavy atom. The first kappa shape index (κ1) is 10.5. The predicted octanol–water partition coefficient (Wildman–Crippen LogP) is 0.00620. The lowest BCUT2D eigenvalue weighted by Crippen LogP contribution is -2.62. The highest BCUT2D eigenvalue weighted by Gasteiger charge is 2.40. The van der Waals surface area contributed by atoms with Crippen molar-refractivity contribution in [3.8, 4) is 0 Å². The van der Waals surface area contributed by atoms with Gasteiger partial charge in [-0.15, -0.1) is 0 Å². The fourth-order valence-electron chi connectivity index (χ4n) is 1.51. The molecule has 0 spiro atoms. The molecule has 0 aromatic carbocycles. The Morgan fingerprint density at radius 2 is 2.15 bits per heavy atom. The lowest BCUT2D eigenvalue weighted by molar-refractivity contribution is -0.153. The number of β-amino-alcohol motifs (C(OH)–C–C–N with tert-alkyl or cyclic N) is 1. The molecule has 1 heterocycles. The molecular formula is C9H17NO3. The van der Waals surface area contributed by atoms with Crippen molar-refractivity contribution in [2.75, 3.05) is 26.2 Å². The molecule has 0 saturated carbocycles. The SMILES string of the molecule is CCOC(=O)CN1CC(O)(CC)C1. The minimum absolute atomic E-state index is 0.208. The minimum atomic E-state index is -0.563. The summed E-state index contributed by atoms with van der Waals surface area (Å²) in [6.45, 7) is 5.63. The quantitative estimate of drug-likeness (QED) is 0.630. The van der Waals surface area contributed by atoms with Crippen LogP contribution in [-0.2, 0) is 9.53 Å². The molecule has 0 amide bonds. The van der Waals surface area contributed by atoms with Crippen molar-refractivity contribution < 1.29 is 14.6 Å². The van der Waals surface area contributed by atoms with E-state index in [1.165, 1.54) is 0 Å². The molecule has 1 aliphatic heterocycles. The van der Waals surface area contributed by atoms with Gasteiger partial charge >= 0.3 is 5.97 Å². The topological polar surface area (TPSA) is 49.8 Å². The van der Waals surface area contributed by atoms with E-state index in [1.54, 1.807) is 6.92 Å². The van der Waals surface area contributed by atoms with E-state index in [9.17, 15) is 9.90 Å². The predicted molar refractivity (Wildman–Crippen MR) is 48.3 cm³/mol. The van der Waals surface area contributed by atoms with Gasteiger partial charge in [-0.1, -0.05) is 6.92 Å². The summed E-state index contributed by atoms with van der Waals surface area (Å²) in [7, 11) is 0. The van der Waals surface area contributed by atoms with Crippen LogP contribution < -0.4 is 0 Å². The molecule has 1 rings (SSSR count). The second kappa shape index (κ2) is 4.07. The highest BCUT2D eigenvalue weighted by atomic mass is 16.5. The summed E-state index contributed by atoms with van der Waals surface area (Å²) < 4.78 is 4.79. The van der Waals surface area contributed by atoms with Gasteiger partial charge in [0, 0.05) is 13.1 Å². The van der Waals surface area contributed by atoms with Crippen LogP contribution in [0.3, 0.4) is 0 Å². The first-order valence-electron chi connectivity index (χ1n) is 4.70. The number of carbonyl (C=O) groups is 1. The number of esters is 1. The molecule has 0 radical (unpaired) electrons. The van der Waals surface area contributed by atoms with Crippen LogP contribution in [0.4, 0.5) is 0 Å². The normalized spacial score (nSPS) is 20.8. The van der Waals surface area contributed by atoms with E-state index in [2.05, 4.69) is 0 Å². The molecule has 0 atom stereocenters. The molecule has 1 N–H and O–H groups in total. The zero-order valence-corrected chi connectivity index (χ0v) is 8.25. The highest BCUT2D eigenvalue weighted by Crippen LogP contribution is 2.23. The van der Waals surface area contributed by atoms with Gasteiger partial charge in [0.25, 0.3) is 0 Å². The molecule has 0 bridgehead atoms. The number of carbonyl (C=O) groups excluding carboxylic acids is 1. The number of aliphatic hydroxyl groups is 1. The molecule has 4 heteroatoms. The van der Waals surface area contributed by atoms with Crippen molar-refractivity contribution >= 4 is 5.97 Å². The molecule has 1 fully saturated rings. The number of ether oxygens (including phenoxy) is 1. The average Bonchev–Trinajstić information content (AvgIpc) is 2.02. The van der Waals surface area contributed by atoms with Crippen LogP contribution in [0.25, 0.3) is 0 Å². The third-order valence-corrected chi connectivity index (χ3v) is 2.35. The second-order valence-electron chi connectivity index (χ2n) is 3.53. The van der Waals surface area contributed by atoms with Crippen molar-refractivity contribution in [2.24, 2.45) is 0 Å². The van der Waals surface area contributed by atoms with Gasteiger partial charge in [-0.25, -0.2) is 0 Å². The Kier molecular flexibility index (Phi) is 3.27. The summed E-state index contributed by atoms with van der Waals surface area (Å²) >= 11 is 0. The van der Waals surface area contributed by atoms with Crippen LogP contribution >= 0.6 is 0 Å². The van der Waals surface area contributed by atoms with E-state index in [0.29, 0.717) is 26.2 Å². The summed E-state index contributed by atoms with van der Waals surface area (Å²) in [4.78, 5) is 12.9. The molecule has 0 aromatic rings. The number of rotatable bonds is 4. The molecule has 1 saturated heterocycles. The molecule has 76 valence electrons. The molecule has 13 heavy (non-hydrogen) atoms. The van der Waals surface area contributed by atoms with Crippen LogP contribution in [0.15, 0.2) is 0 Å². The maximum atomic E-state index is 11.0. The third kappa shape index (κ3) is 2.67. The largest absolute Gasteiger partial charge is 0.465 e. The first-order chi connectivity index (χ1) is 6.09. The minimum Gasteiger partial charge on any atom is -0.465 e. The van der Waals surface area contributed by atoms with Crippen molar-refractivity contribution in [3.05, 3.63) is 0 Å². The fourth-order valence-corrected chi connectivity index (χ4v) is 1.51. The smallest absolute Gasteiger partial charge is 0.320 e. The van der Waals surface area contributed by atoms with Crippen molar-refractivity contribution in [1.29, 1.82) is 0 Å². The molecule has 4 nitrogen and oxygen atoms in total. The molecule has 0 unspecified atom stereocenters. The lowest BCUT2D eigenvalue weighted by atomic mass is 9.91. The van der Waals surface area contributed by atoms with Crippen LogP contribution in [0.2, 0.25) is 0 Å². The monoisotopic (exact) mass is 187 g/mol. The summed E-state index contributed by atoms with van der Waals surface area (Å²) in [5, 5.41) is 9.64. The van der Waals surface area contributed by atoms with Gasteiger partial charge in [0.05, 0.1) is 18.8 Å². The van der Waals surface area contributed by atoms with Crippen molar-refractivity contribution in [1.82, 2.24) is 4.90 Å². The maximum Gasteiger partial charge on any atom is 0.320 e. The van der Waals surface area contributed by atoms with Gasteiger partial charge < -0.3 is 9.84 Å². The Bertz CT molecular complexity index is 187. The van der Waals surface area contributed by atoms with Gasteiger partial charge in [-0.3, -0.25) is 9.69 Å². The molecule has 0 aliphatic carbocycles. The Morgan fingerprint density at radius 1 is 1.54 bits per heavy atom. The van der Waals surface area contributed by atoms with Crippen LogP contribution in [-0.4, -0.2) is 47.8 Å². The van der Waals surface area contributed by atoms with Crippen LogP contribution in [0.5, 0.6) is 0 Å². The van der Waals surface area contributed by atoms with Gasteiger partial charge in [0.15, 0.2) is 0 Å². The Balaban J connectivity index is 2.18. The summed E-state index contributed by atoms with van der Waals surface area (Å²) in [5.41, 5.74) is -0.563. The van der Waals surface area contributed by atoms with E-state index in [4.69, 9.17) is 4.74 Å². The number of nitrogens with zero attached hydrogens (tertiary/aromatic N) is 1. The Labute approximate surface area is 78.5 Å². The standard InChI is InChI=1S/C9H17NO3/c1-3-9(12)6-10(7-9)5-8(11)13-4-2/h12H,3-7H2,1-2H3. The average molecular weight is 187 g/mol. The highest BCUT2D eigenvalue weighted by molar-refractivity contribution is 5.71. The van der Waals surface area contributed by atoms with Gasteiger partial charge in [-0.2, -0.15) is 0 Å². The number of hydrogen-bond donors (Lipinski definition) is 1. The zero-order chi connectivity index (χ0) is 9.90. The first-order valence-corrected chi connectivity index (χ1v) is 4.70. The molecular weight excluding hydrogens is 170 g/mol. The summed E-state index contributed by atoms with van der Waals surface area (Å²) in [6.07, 6.45) is 0.742. The van der Waals surface area contributed by atoms with E-state index in [0.717, 1.165) is 6.42 Å². The van der Waals surface area contributed by atoms with Crippen LogP contribution in [0, 0.1) is 0 Å². The summed E-state index contributed by atoms with van der Waals surface area (Å²) in [6, 6.07) is 0. The van der Waals surface area contributed by atoms with Gasteiger partial charge in [0.1, 0.15) is 0 Å². The molecule has 0 aromatic heterocycles. The Hall–Kier alpha value is -0.610. The zero-order valence-electron chi connectivity index (χ0n) is 8.25. The fraction of sp³-hybridized carbons (Fsp3) is 0.889. The van der Waals surface area contributed by atoms with E-state index < -0.39 is 5.60 Å². The second-order valence-corrected chi connectivity index (χ2v) is 3.53. The summed E-state index contributed by atoms with van der Waals surface area (Å²) in [5.74, 6) is -0.208. The van der Waals surface area contributed by atoms with Gasteiger partial charge in [-0.05, 0) is 13.3 Å². The van der Waals surface area contributed by atoms with E-state index in [-0.39, 0.29) is 5.97 Å². The van der Waals surface area contributed by atoms with Crippen LogP contribution in [0.1, 0.15) is 20.3 Å². The number of likely N-dealkylation sites (tertiary alicyclic amines) is 1. The van der Waals surface area contributed by atoms with Crippen molar-refractivity contribution in [3.63, 3.8) is 0 Å². The number of hydrogen-bond acceptors (Lipinski definition) is 4. The lowest BCUT2D eigenvalue weighted by Gasteiger charge is -2.45. The van der Waals surface area contributed by atoms with Crippen molar-refractivity contribution in [2.45, 2.75) is 25.9 Å². The van der Waals surface area contributed by atoms with E-state index in [1.807, 2.05) is 11.8 Å². The third-order valence-electron chi connectivity index (χ3n) is 2.35. The molecule has 1 aliphatic rings. The maximum absolute atomic E-state index is 11.0. The van der Waals surface area contributed by atoms with Gasteiger partial charge in [0.2, 0.25) is 0 Å². The van der Waals surface area contributed by atoms with E-state index >= 15 is 0 Å².